The van der Waals surface area contributed by atoms with Gasteiger partial charge in [-0.25, -0.2) is 0 Å². The SMILES string of the molecule is CCCC(C)(CC)P(C)N. The average Bonchev–Trinajstić information content (AvgIpc) is 1.88. The molecule has 0 aliphatic rings. The molecule has 0 aromatic heterocycles. The van der Waals surface area contributed by atoms with Gasteiger partial charge in [-0.3, -0.25) is 0 Å². The third kappa shape index (κ3) is 2.56. The zero-order chi connectivity index (χ0) is 8.20. The van der Waals surface area contributed by atoms with Gasteiger partial charge < -0.3 is 5.50 Å². The maximum absolute atomic E-state index is 5.93. The molecule has 10 heavy (non-hydrogen) atoms. The van der Waals surface area contributed by atoms with E-state index < -0.39 is 0 Å². The topological polar surface area (TPSA) is 26.0 Å². The van der Waals surface area contributed by atoms with Crippen molar-refractivity contribution < 1.29 is 0 Å². The van der Waals surface area contributed by atoms with Crippen molar-refractivity contribution in [2.75, 3.05) is 6.66 Å². The standard InChI is InChI=1S/C8H20NP/c1-5-7-8(3,6-2)10(4)9/h5-7,9H2,1-4H3. The zero-order valence-corrected chi connectivity index (χ0v) is 8.54. The normalized spacial score (nSPS) is 20.1. The minimum atomic E-state index is -0.252. The monoisotopic (exact) mass is 161 g/mol. The van der Waals surface area contributed by atoms with E-state index in [-0.39, 0.29) is 8.07 Å². The molecule has 2 atom stereocenters. The molecule has 2 heteroatoms. The third-order valence-corrected chi connectivity index (χ3v) is 4.64. The van der Waals surface area contributed by atoms with E-state index in [9.17, 15) is 0 Å². The number of rotatable bonds is 4. The van der Waals surface area contributed by atoms with Crippen molar-refractivity contribution in [3.8, 4) is 0 Å². The molecule has 2 N–H and O–H groups in total. The molecule has 0 amide bonds. The van der Waals surface area contributed by atoms with Crippen LogP contribution in [0, 0.1) is 0 Å². The van der Waals surface area contributed by atoms with E-state index >= 15 is 0 Å². The quantitative estimate of drug-likeness (QED) is 0.630. The van der Waals surface area contributed by atoms with Crippen molar-refractivity contribution in [1.82, 2.24) is 0 Å². The van der Waals surface area contributed by atoms with Crippen LogP contribution in [0.15, 0.2) is 0 Å². The lowest BCUT2D eigenvalue weighted by Gasteiger charge is -2.31. The molecule has 0 saturated heterocycles. The molecular formula is C8H20NP. The summed E-state index contributed by atoms with van der Waals surface area (Å²) in [6.07, 6.45) is 3.76. The third-order valence-electron chi connectivity index (χ3n) is 2.40. The highest BCUT2D eigenvalue weighted by atomic mass is 31.1. The summed E-state index contributed by atoms with van der Waals surface area (Å²) in [6.45, 7) is 8.95. The van der Waals surface area contributed by atoms with Crippen molar-refractivity contribution in [2.24, 2.45) is 5.50 Å². The summed E-state index contributed by atoms with van der Waals surface area (Å²) in [5, 5.41) is 0.435. The Bertz CT molecular complexity index is 93.3. The number of nitrogens with two attached hydrogens (primary N) is 1. The summed E-state index contributed by atoms with van der Waals surface area (Å²) in [7, 11) is -0.252. The van der Waals surface area contributed by atoms with Crippen LogP contribution >= 0.6 is 8.07 Å². The first-order chi connectivity index (χ1) is 4.56. The van der Waals surface area contributed by atoms with Gasteiger partial charge in [-0.1, -0.05) is 27.2 Å². The molecule has 0 fully saturated rings. The highest BCUT2D eigenvalue weighted by Gasteiger charge is 2.24. The lowest BCUT2D eigenvalue weighted by molar-refractivity contribution is 0.549. The van der Waals surface area contributed by atoms with Gasteiger partial charge in [0.05, 0.1) is 0 Å². The van der Waals surface area contributed by atoms with Crippen LogP contribution in [-0.4, -0.2) is 11.8 Å². The Morgan fingerprint density at radius 2 is 1.90 bits per heavy atom. The smallest absolute Gasteiger partial charge is 0.0000343 e. The molecule has 0 aromatic rings. The van der Waals surface area contributed by atoms with Crippen LogP contribution in [0.1, 0.15) is 40.0 Å². The first-order valence-corrected chi connectivity index (χ1v) is 5.91. The fourth-order valence-corrected chi connectivity index (χ4v) is 2.22. The number of hydrogen-bond donors (Lipinski definition) is 1. The second-order valence-electron chi connectivity index (χ2n) is 3.21. The first-order valence-electron chi connectivity index (χ1n) is 4.05. The lowest BCUT2D eigenvalue weighted by Crippen LogP contribution is -2.23. The largest absolute Gasteiger partial charge is 0.309 e. The molecule has 1 nitrogen and oxygen atoms in total. The summed E-state index contributed by atoms with van der Waals surface area (Å²) >= 11 is 0. The molecule has 62 valence electrons. The zero-order valence-electron chi connectivity index (χ0n) is 7.65. The molecule has 0 bridgehead atoms. The van der Waals surface area contributed by atoms with E-state index in [1.165, 1.54) is 19.3 Å². The van der Waals surface area contributed by atoms with Crippen LogP contribution in [0.3, 0.4) is 0 Å². The van der Waals surface area contributed by atoms with Crippen LogP contribution < -0.4 is 5.50 Å². The molecule has 0 aliphatic heterocycles. The van der Waals surface area contributed by atoms with Gasteiger partial charge in [-0.15, -0.1) is 0 Å². The molecule has 0 saturated carbocycles. The van der Waals surface area contributed by atoms with Gasteiger partial charge in [0.1, 0.15) is 0 Å². The highest BCUT2D eigenvalue weighted by Crippen LogP contribution is 2.44. The van der Waals surface area contributed by atoms with Crippen LogP contribution in [0.4, 0.5) is 0 Å². The van der Waals surface area contributed by atoms with Crippen molar-refractivity contribution in [1.29, 1.82) is 0 Å². The van der Waals surface area contributed by atoms with Crippen LogP contribution in [0.2, 0.25) is 0 Å². The molecule has 0 spiro atoms. The van der Waals surface area contributed by atoms with Crippen molar-refractivity contribution in [2.45, 2.75) is 45.2 Å². The molecule has 0 heterocycles. The van der Waals surface area contributed by atoms with Gasteiger partial charge in [0.15, 0.2) is 0 Å². The predicted molar refractivity (Wildman–Crippen MR) is 50.6 cm³/mol. The van der Waals surface area contributed by atoms with Gasteiger partial charge in [-0.05, 0) is 27.6 Å². The molecule has 2 unspecified atom stereocenters. The van der Waals surface area contributed by atoms with E-state index in [4.69, 9.17) is 5.50 Å². The van der Waals surface area contributed by atoms with Crippen molar-refractivity contribution in [3.63, 3.8) is 0 Å². The Morgan fingerprint density at radius 3 is 2.00 bits per heavy atom. The Hall–Kier alpha value is 0.390. The molecule has 0 aliphatic carbocycles. The minimum absolute atomic E-state index is 0.252. The summed E-state index contributed by atoms with van der Waals surface area (Å²) in [5.74, 6) is 0. The fourth-order valence-electron chi connectivity index (χ4n) is 1.14. The molecular weight excluding hydrogens is 141 g/mol. The van der Waals surface area contributed by atoms with Crippen LogP contribution in [0.5, 0.6) is 0 Å². The Labute approximate surface area is 66.2 Å². The van der Waals surface area contributed by atoms with Gasteiger partial charge in [0.25, 0.3) is 0 Å². The van der Waals surface area contributed by atoms with E-state index in [0.29, 0.717) is 5.16 Å². The minimum Gasteiger partial charge on any atom is -0.309 e. The van der Waals surface area contributed by atoms with Gasteiger partial charge in [-0.2, -0.15) is 0 Å². The van der Waals surface area contributed by atoms with Crippen molar-refractivity contribution in [3.05, 3.63) is 0 Å². The Balaban J connectivity index is 3.94. The summed E-state index contributed by atoms with van der Waals surface area (Å²) in [6, 6.07) is 0. The number of hydrogen-bond acceptors (Lipinski definition) is 1. The summed E-state index contributed by atoms with van der Waals surface area (Å²) in [5.41, 5.74) is 5.93. The second-order valence-corrected chi connectivity index (χ2v) is 5.51. The van der Waals surface area contributed by atoms with Gasteiger partial charge in [0, 0.05) is 5.16 Å². The molecule has 0 radical (unpaired) electrons. The second kappa shape index (κ2) is 4.31. The van der Waals surface area contributed by atoms with Gasteiger partial charge >= 0.3 is 0 Å². The van der Waals surface area contributed by atoms with Crippen LogP contribution in [-0.2, 0) is 0 Å². The van der Waals surface area contributed by atoms with E-state index in [2.05, 4.69) is 27.4 Å². The van der Waals surface area contributed by atoms with E-state index in [0.717, 1.165) is 0 Å². The van der Waals surface area contributed by atoms with E-state index in [1.807, 2.05) is 0 Å². The summed E-state index contributed by atoms with van der Waals surface area (Å²) in [4.78, 5) is 0. The molecule has 0 aromatic carbocycles. The Morgan fingerprint density at radius 1 is 1.40 bits per heavy atom. The Kier molecular flexibility index (Phi) is 4.47. The fraction of sp³-hybridized carbons (Fsp3) is 1.00. The first kappa shape index (κ1) is 10.4. The van der Waals surface area contributed by atoms with Gasteiger partial charge in [0.2, 0.25) is 0 Å². The maximum atomic E-state index is 5.93. The summed E-state index contributed by atoms with van der Waals surface area (Å²) < 4.78 is 0. The lowest BCUT2D eigenvalue weighted by atomic mass is 10.0. The van der Waals surface area contributed by atoms with Crippen molar-refractivity contribution >= 4 is 8.07 Å². The highest BCUT2D eigenvalue weighted by molar-refractivity contribution is 7.56. The maximum Gasteiger partial charge on any atom is 0.0000343 e. The molecule has 0 rings (SSSR count). The predicted octanol–water partition coefficient (Wildman–Crippen LogP) is 2.94. The van der Waals surface area contributed by atoms with E-state index in [1.54, 1.807) is 0 Å². The van der Waals surface area contributed by atoms with Crippen LogP contribution in [0.25, 0.3) is 0 Å². The average molecular weight is 161 g/mol.